The van der Waals surface area contributed by atoms with E-state index in [2.05, 4.69) is 27.6 Å². The second kappa shape index (κ2) is 7.50. The number of halogens is 4. The summed E-state index contributed by atoms with van der Waals surface area (Å²) >= 11 is 2.15. The van der Waals surface area contributed by atoms with Crippen LogP contribution in [0.5, 0.6) is 0 Å². The third-order valence-electron chi connectivity index (χ3n) is 3.53. The summed E-state index contributed by atoms with van der Waals surface area (Å²) in [7, 11) is 0. The summed E-state index contributed by atoms with van der Waals surface area (Å²) < 4.78 is 38.1. The Bertz CT molecular complexity index is 605. The highest BCUT2D eigenvalue weighted by Crippen LogP contribution is 2.21. The second-order valence-corrected chi connectivity index (χ2v) is 6.58. The maximum Gasteiger partial charge on any atom is 0.419 e. The maximum absolute atomic E-state index is 12.4. The van der Waals surface area contributed by atoms with Crippen LogP contribution in [0.2, 0.25) is 0 Å². The molecule has 1 aromatic carbocycles. The van der Waals surface area contributed by atoms with Crippen molar-refractivity contribution in [3.8, 4) is 0 Å². The molecule has 8 heteroatoms. The van der Waals surface area contributed by atoms with Crippen LogP contribution in [0.1, 0.15) is 24.8 Å². The molecule has 1 heterocycles. The average Bonchev–Trinajstić information content (AvgIpc) is 2.62. The summed E-state index contributed by atoms with van der Waals surface area (Å²) in [6.07, 6.45) is -3.62. The van der Waals surface area contributed by atoms with Crippen molar-refractivity contribution in [1.29, 1.82) is 0 Å². The number of amides is 1. The number of alkyl halides is 3. The lowest BCUT2D eigenvalue weighted by Crippen LogP contribution is -2.41. The second-order valence-electron chi connectivity index (χ2n) is 5.33. The lowest BCUT2D eigenvalue weighted by atomic mass is 10.1. The summed E-state index contributed by atoms with van der Waals surface area (Å²) in [5.41, 5.74) is 0.896. The minimum absolute atomic E-state index is 0.170. The van der Waals surface area contributed by atoms with Gasteiger partial charge in [0, 0.05) is 16.7 Å². The van der Waals surface area contributed by atoms with Crippen LogP contribution < -0.4 is 5.11 Å². The molecule has 126 valence electrons. The third kappa shape index (κ3) is 5.08. The molecule has 23 heavy (non-hydrogen) atoms. The number of rotatable bonds is 3. The molecule has 1 atom stereocenters. The summed E-state index contributed by atoms with van der Waals surface area (Å²) in [5, 5.41) is 11.0. The summed E-state index contributed by atoms with van der Waals surface area (Å²) in [4.78, 5) is 17.0. The Hall–Kier alpha value is -1.32. The third-order valence-corrected chi connectivity index (χ3v) is 4.20. The molecule has 0 unspecified atom stereocenters. The van der Waals surface area contributed by atoms with Crippen molar-refractivity contribution in [1.82, 2.24) is 4.90 Å². The minimum Gasteiger partial charge on any atom is -0.856 e. The molecular formula is C15H15F3IN2O2-. The van der Waals surface area contributed by atoms with E-state index < -0.39 is 24.0 Å². The van der Waals surface area contributed by atoms with Gasteiger partial charge in [0.15, 0.2) is 0 Å². The Morgan fingerprint density at radius 3 is 2.78 bits per heavy atom. The Morgan fingerprint density at radius 2 is 2.13 bits per heavy atom. The number of nitrogens with zero attached hydrogens (tertiary/aromatic N) is 2. The van der Waals surface area contributed by atoms with E-state index in [1.165, 1.54) is 4.90 Å². The zero-order valence-electron chi connectivity index (χ0n) is 12.1. The van der Waals surface area contributed by atoms with Crippen molar-refractivity contribution in [2.75, 3.05) is 6.54 Å². The molecular weight excluding hydrogens is 424 g/mol. The number of aliphatic imine (C=N–C) groups is 1. The van der Waals surface area contributed by atoms with Gasteiger partial charge in [-0.05, 0) is 59.5 Å². The van der Waals surface area contributed by atoms with Gasteiger partial charge in [0.25, 0.3) is 0 Å². The lowest BCUT2D eigenvalue weighted by Gasteiger charge is -2.24. The van der Waals surface area contributed by atoms with E-state index >= 15 is 0 Å². The maximum atomic E-state index is 12.4. The predicted molar refractivity (Wildman–Crippen MR) is 85.7 cm³/mol. The largest absolute Gasteiger partial charge is 0.856 e. The van der Waals surface area contributed by atoms with Gasteiger partial charge in [-0.25, -0.2) is 0 Å². The number of carbonyl (C=O) groups is 1. The van der Waals surface area contributed by atoms with Crippen LogP contribution in [-0.4, -0.2) is 35.5 Å². The van der Waals surface area contributed by atoms with E-state index in [1.54, 1.807) is 0 Å². The van der Waals surface area contributed by atoms with Crippen LogP contribution in [-0.2, 0) is 11.3 Å². The standard InChI is InChI=1S/C15H16F3IN2O2/c16-15(17,18)14(23)20-12-6-1-2-7-21(13(12)22)9-10-4-3-5-11(19)8-10/h3-5,8,12H,1-2,6-7,9H2,(H,20,23)/p-1/t12-/m0/s1. The molecule has 0 N–H and O–H groups in total. The molecule has 0 aromatic heterocycles. The highest BCUT2D eigenvalue weighted by atomic mass is 127. The van der Waals surface area contributed by atoms with E-state index in [0.717, 1.165) is 9.13 Å². The summed E-state index contributed by atoms with van der Waals surface area (Å²) in [6.45, 7) is 0.762. The Balaban J connectivity index is 2.16. The average molecular weight is 439 g/mol. The first kappa shape index (κ1) is 18.0. The van der Waals surface area contributed by atoms with Crippen molar-refractivity contribution in [2.45, 2.75) is 38.0 Å². The first-order valence-electron chi connectivity index (χ1n) is 7.12. The normalized spacial score (nSPS) is 20.5. The van der Waals surface area contributed by atoms with Crippen molar-refractivity contribution >= 4 is 34.4 Å². The highest BCUT2D eigenvalue weighted by molar-refractivity contribution is 14.1. The summed E-state index contributed by atoms with van der Waals surface area (Å²) in [5.74, 6) is -2.70. The van der Waals surface area contributed by atoms with Gasteiger partial charge >= 0.3 is 6.18 Å². The van der Waals surface area contributed by atoms with Gasteiger partial charge < -0.3 is 10.0 Å². The fourth-order valence-electron chi connectivity index (χ4n) is 2.43. The van der Waals surface area contributed by atoms with Crippen LogP contribution >= 0.6 is 22.6 Å². The van der Waals surface area contributed by atoms with Crippen molar-refractivity contribution in [3.63, 3.8) is 0 Å². The van der Waals surface area contributed by atoms with Crippen LogP contribution in [0.15, 0.2) is 29.3 Å². The minimum atomic E-state index is -5.03. The van der Waals surface area contributed by atoms with Gasteiger partial charge in [0.05, 0.1) is 5.90 Å². The summed E-state index contributed by atoms with van der Waals surface area (Å²) in [6, 6.07) is 6.29. The molecule has 1 aromatic rings. The predicted octanol–water partition coefficient (Wildman–Crippen LogP) is 2.49. The number of carbonyl (C=O) groups excluding carboxylic acids is 1. The van der Waals surface area contributed by atoms with E-state index in [1.807, 2.05) is 24.3 Å². The molecule has 0 spiro atoms. The SMILES string of the molecule is O=C1[C@@H](N=C([O-])C(F)(F)F)CCCCN1Cc1cccc(I)c1. The zero-order chi connectivity index (χ0) is 17.0. The lowest BCUT2D eigenvalue weighted by molar-refractivity contribution is -0.263. The van der Waals surface area contributed by atoms with E-state index in [-0.39, 0.29) is 6.42 Å². The van der Waals surface area contributed by atoms with Gasteiger partial charge in [-0.3, -0.25) is 9.79 Å². The first-order chi connectivity index (χ1) is 10.8. The monoisotopic (exact) mass is 439 g/mol. The fraction of sp³-hybridized carbons (Fsp3) is 0.467. The quantitative estimate of drug-likeness (QED) is 0.413. The van der Waals surface area contributed by atoms with Crippen LogP contribution in [0.3, 0.4) is 0 Å². The molecule has 4 nitrogen and oxygen atoms in total. The fourth-order valence-corrected chi connectivity index (χ4v) is 3.04. The molecule has 1 fully saturated rings. The van der Waals surface area contributed by atoms with Gasteiger partial charge in [-0.1, -0.05) is 12.1 Å². The first-order valence-corrected chi connectivity index (χ1v) is 8.20. The van der Waals surface area contributed by atoms with Crippen LogP contribution in [0.25, 0.3) is 0 Å². The van der Waals surface area contributed by atoms with E-state index in [9.17, 15) is 23.1 Å². The highest BCUT2D eigenvalue weighted by Gasteiger charge is 2.32. The smallest absolute Gasteiger partial charge is 0.419 e. The Morgan fingerprint density at radius 1 is 1.39 bits per heavy atom. The number of benzene rings is 1. The molecule has 2 rings (SSSR count). The molecule has 0 radical (unpaired) electrons. The van der Waals surface area contributed by atoms with Gasteiger partial charge in [0.2, 0.25) is 5.91 Å². The van der Waals surface area contributed by atoms with E-state index in [0.29, 0.717) is 25.9 Å². The molecule has 0 saturated carbocycles. The number of hydrogen-bond donors (Lipinski definition) is 0. The van der Waals surface area contributed by atoms with Gasteiger partial charge in [-0.15, -0.1) is 0 Å². The molecule has 1 amide bonds. The Kier molecular flexibility index (Phi) is 5.88. The zero-order valence-corrected chi connectivity index (χ0v) is 14.3. The Labute approximate surface area is 145 Å². The number of likely N-dealkylation sites (tertiary alicyclic amines) is 1. The molecule has 0 aliphatic carbocycles. The van der Waals surface area contributed by atoms with Gasteiger partial charge in [0.1, 0.15) is 6.04 Å². The van der Waals surface area contributed by atoms with Crippen molar-refractivity contribution in [3.05, 3.63) is 33.4 Å². The molecule has 1 aliphatic heterocycles. The molecule has 0 bridgehead atoms. The van der Waals surface area contributed by atoms with Gasteiger partial charge in [-0.2, -0.15) is 13.2 Å². The van der Waals surface area contributed by atoms with Crippen molar-refractivity contribution < 1.29 is 23.1 Å². The van der Waals surface area contributed by atoms with Crippen molar-refractivity contribution in [2.24, 2.45) is 4.99 Å². The topological polar surface area (TPSA) is 55.7 Å². The number of hydrogen-bond acceptors (Lipinski definition) is 3. The van der Waals surface area contributed by atoms with E-state index in [4.69, 9.17) is 0 Å². The molecule has 1 saturated heterocycles. The molecule has 1 aliphatic rings. The van der Waals surface area contributed by atoms with Crippen LogP contribution in [0, 0.1) is 3.57 Å². The van der Waals surface area contributed by atoms with Crippen LogP contribution in [0.4, 0.5) is 13.2 Å².